The third-order valence-corrected chi connectivity index (χ3v) is 3.76. The van der Waals surface area contributed by atoms with Crippen LogP contribution in [0.3, 0.4) is 0 Å². The fraction of sp³-hybridized carbons (Fsp3) is 0.308. The number of ether oxygens (including phenoxy) is 1. The highest BCUT2D eigenvalue weighted by Crippen LogP contribution is 2.26. The van der Waals surface area contributed by atoms with Gasteiger partial charge in [0.25, 0.3) is 0 Å². The molecule has 0 fully saturated rings. The summed E-state index contributed by atoms with van der Waals surface area (Å²) in [7, 11) is 1.82. The first kappa shape index (κ1) is 13.4. The van der Waals surface area contributed by atoms with Gasteiger partial charge in [-0.25, -0.2) is 0 Å². The zero-order chi connectivity index (χ0) is 13.3. The van der Waals surface area contributed by atoms with Crippen molar-refractivity contribution in [3.05, 3.63) is 44.6 Å². The fourth-order valence-corrected chi connectivity index (χ4v) is 2.29. The molecule has 1 aromatic carbocycles. The Morgan fingerprint density at radius 3 is 2.72 bits per heavy atom. The van der Waals surface area contributed by atoms with Gasteiger partial charge in [0.2, 0.25) is 0 Å². The van der Waals surface area contributed by atoms with Crippen molar-refractivity contribution in [1.82, 2.24) is 9.78 Å². The molecular formula is C13H14BrClN2O. The van der Waals surface area contributed by atoms with E-state index in [4.69, 9.17) is 16.3 Å². The van der Waals surface area contributed by atoms with Crippen LogP contribution in [-0.4, -0.2) is 9.78 Å². The Morgan fingerprint density at radius 1 is 1.39 bits per heavy atom. The van der Waals surface area contributed by atoms with Crippen molar-refractivity contribution in [2.45, 2.75) is 20.5 Å². The molecule has 2 rings (SSSR count). The summed E-state index contributed by atoms with van der Waals surface area (Å²) in [6.45, 7) is 4.37. The zero-order valence-corrected chi connectivity index (χ0v) is 12.8. The van der Waals surface area contributed by atoms with Gasteiger partial charge < -0.3 is 4.74 Å². The standard InChI is InChI=1S/C13H14BrClN2O/c1-8-4-5-10(14)6-12(8)18-7-11-9(2)16-17(3)13(11)15/h4-6H,7H2,1-3H3. The predicted molar refractivity (Wildman–Crippen MR) is 76.2 cm³/mol. The highest BCUT2D eigenvalue weighted by molar-refractivity contribution is 9.10. The van der Waals surface area contributed by atoms with Crippen LogP contribution in [0.2, 0.25) is 5.15 Å². The molecule has 0 aliphatic carbocycles. The summed E-state index contributed by atoms with van der Waals surface area (Å²) in [6.07, 6.45) is 0. The van der Waals surface area contributed by atoms with Gasteiger partial charge in [-0.2, -0.15) is 5.10 Å². The molecule has 18 heavy (non-hydrogen) atoms. The lowest BCUT2D eigenvalue weighted by Gasteiger charge is -2.09. The minimum Gasteiger partial charge on any atom is -0.488 e. The molecule has 0 bridgehead atoms. The third kappa shape index (κ3) is 2.70. The lowest BCUT2D eigenvalue weighted by molar-refractivity contribution is 0.303. The normalized spacial score (nSPS) is 10.7. The Kier molecular flexibility index (Phi) is 3.97. The van der Waals surface area contributed by atoms with Crippen molar-refractivity contribution in [3.8, 4) is 5.75 Å². The fourth-order valence-electron chi connectivity index (χ4n) is 1.72. The summed E-state index contributed by atoms with van der Waals surface area (Å²) in [5.74, 6) is 0.851. The summed E-state index contributed by atoms with van der Waals surface area (Å²) in [5, 5.41) is 4.88. The van der Waals surface area contributed by atoms with E-state index in [0.29, 0.717) is 11.8 Å². The average molecular weight is 330 g/mol. The van der Waals surface area contributed by atoms with Gasteiger partial charge in [-0.1, -0.05) is 33.6 Å². The van der Waals surface area contributed by atoms with Gasteiger partial charge in [-0.05, 0) is 31.5 Å². The number of benzene rings is 1. The Morgan fingerprint density at radius 2 is 2.11 bits per heavy atom. The van der Waals surface area contributed by atoms with Crippen LogP contribution in [0.15, 0.2) is 22.7 Å². The molecule has 2 aromatic rings. The van der Waals surface area contributed by atoms with Crippen molar-refractivity contribution in [3.63, 3.8) is 0 Å². The van der Waals surface area contributed by atoms with Gasteiger partial charge in [0.15, 0.2) is 0 Å². The Balaban J connectivity index is 2.19. The van der Waals surface area contributed by atoms with E-state index in [1.165, 1.54) is 0 Å². The van der Waals surface area contributed by atoms with Crippen molar-refractivity contribution < 1.29 is 4.74 Å². The van der Waals surface area contributed by atoms with E-state index in [1.807, 2.05) is 39.1 Å². The van der Waals surface area contributed by atoms with Crippen LogP contribution in [-0.2, 0) is 13.7 Å². The summed E-state index contributed by atoms with van der Waals surface area (Å²) in [6, 6.07) is 5.95. The van der Waals surface area contributed by atoms with Gasteiger partial charge in [0, 0.05) is 17.1 Å². The van der Waals surface area contributed by atoms with E-state index in [-0.39, 0.29) is 0 Å². The minimum absolute atomic E-state index is 0.426. The molecular weight excluding hydrogens is 316 g/mol. The molecule has 0 unspecified atom stereocenters. The second kappa shape index (κ2) is 5.33. The van der Waals surface area contributed by atoms with Crippen LogP contribution in [0, 0.1) is 13.8 Å². The molecule has 0 aliphatic rings. The first-order valence-electron chi connectivity index (χ1n) is 5.56. The van der Waals surface area contributed by atoms with Crippen LogP contribution in [0.5, 0.6) is 5.75 Å². The summed E-state index contributed by atoms with van der Waals surface area (Å²) in [5.41, 5.74) is 2.92. The van der Waals surface area contributed by atoms with Crippen molar-refractivity contribution in [2.75, 3.05) is 0 Å². The molecule has 0 N–H and O–H groups in total. The monoisotopic (exact) mass is 328 g/mol. The van der Waals surface area contributed by atoms with E-state index >= 15 is 0 Å². The van der Waals surface area contributed by atoms with Crippen LogP contribution in [0.1, 0.15) is 16.8 Å². The maximum atomic E-state index is 6.16. The largest absolute Gasteiger partial charge is 0.488 e. The first-order valence-corrected chi connectivity index (χ1v) is 6.73. The molecule has 0 atom stereocenters. The van der Waals surface area contributed by atoms with Crippen LogP contribution in [0.25, 0.3) is 0 Å². The molecule has 5 heteroatoms. The minimum atomic E-state index is 0.426. The summed E-state index contributed by atoms with van der Waals surface area (Å²) < 4.78 is 8.46. The number of aromatic nitrogens is 2. The molecule has 0 saturated carbocycles. The molecule has 1 heterocycles. The number of hydrogen-bond donors (Lipinski definition) is 0. The number of aryl methyl sites for hydroxylation is 3. The molecule has 0 spiro atoms. The number of rotatable bonds is 3. The van der Waals surface area contributed by atoms with Crippen LogP contribution in [0.4, 0.5) is 0 Å². The van der Waals surface area contributed by atoms with E-state index in [2.05, 4.69) is 21.0 Å². The maximum absolute atomic E-state index is 6.16. The number of nitrogens with zero attached hydrogens (tertiary/aromatic N) is 2. The SMILES string of the molecule is Cc1ccc(Br)cc1OCc1c(C)nn(C)c1Cl. The van der Waals surface area contributed by atoms with E-state index in [1.54, 1.807) is 4.68 Å². The molecule has 0 saturated heterocycles. The molecule has 96 valence electrons. The lowest BCUT2D eigenvalue weighted by Crippen LogP contribution is -1.98. The molecule has 0 amide bonds. The quantitative estimate of drug-likeness (QED) is 0.850. The Bertz CT molecular complexity index is 581. The first-order chi connectivity index (χ1) is 8.49. The van der Waals surface area contributed by atoms with E-state index in [0.717, 1.165) is 27.0 Å². The van der Waals surface area contributed by atoms with Crippen LogP contribution < -0.4 is 4.74 Å². The van der Waals surface area contributed by atoms with Crippen LogP contribution >= 0.6 is 27.5 Å². The van der Waals surface area contributed by atoms with Crippen molar-refractivity contribution in [1.29, 1.82) is 0 Å². The predicted octanol–water partition coefficient (Wildman–Crippen LogP) is 4.03. The number of hydrogen-bond acceptors (Lipinski definition) is 2. The van der Waals surface area contributed by atoms with E-state index < -0.39 is 0 Å². The zero-order valence-electron chi connectivity index (χ0n) is 10.5. The second-order valence-corrected chi connectivity index (χ2v) is 5.45. The molecule has 3 nitrogen and oxygen atoms in total. The maximum Gasteiger partial charge on any atom is 0.133 e. The van der Waals surface area contributed by atoms with Gasteiger partial charge >= 0.3 is 0 Å². The van der Waals surface area contributed by atoms with Gasteiger partial charge in [-0.15, -0.1) is 0 Å². The van der Waals surface area contributed by atoms with Gasteiger partial charge in [0.1, 0.15) is 17.5 Å². The molecule has 0 aliphatic heterocycles. The van der Waals surface area contributed by atoms with Gasteiger partial charge in [-0.3, -0.25) is 4.68 Å². The lowest BCUT2D eigenvalue weighted by atomic mass is 10.2. The molecule has 1 aromatic heterocycles. The van der Waals surface area contributed by atoms with E-state index in [9.17, 15) is 0 Å². The van der Waals surface area contributed by atoms with Crippen molar-refractivity contribution in [2.24, 2.45) is 7.05 Å². The second-order valence-electron chi connectivity index (χ2n) is 4.18. The third-order valence-electron chi connectivity index (χ3n) is 2.79. The van der Waals surface area contributed by atoms with Crippen molar-refractivity contribution >= 4 is 27.5 Å². The Labute approximate surface area is 120 Å². The Hall–Kier alpha value is -1.00. The molecule has 0 radical (unpaired) electrons. The highest BCUT2D eigenvalue weighted by atomic mass is 79.9. The highest BCUT2D eigenvalue weighted by Gasteiger charge is 2.12. The number of halogens is 2. The topological polar surface area (TPSA) is 27.1 Å². The average Bonchev–Trinajstić information content (AvgIpc) is 2.55. The van der Waals surface area contributed by atoms with Gasteiger partial charge in [0.05, 0.1) is 5.69 Å². The smallest absolute Gasteiger partial charge is 0.133 e. The summed E-state index contributed by atoms with van der Waals surface area (Å²) in [4.78, 5) is 0. The summed E-state index contributed by atoms with van der Waals surface area (Å²) >= 11 is 9.60.